The van der Waals surface area contributed by atoms with Crippen LogP contribution < -0.4 is 27.4 Å². The Kier molecular flexibility index (Phi) is 12.0. The van der Waals surface area contributed by atoms with Crippen molar-refractivity contribution in [1.29, 1.82) is 0 Å². The van der Waals surface area contributed by atoms with E-state index in [0.717, 1.165) is 0 Å². The molecule has 0 aromatic heterocycles. The summed E-state index contributed by atoms with van der Waals surface area (Å²) in [6.07, 6.45) is -0.297. The zero-order valence-electron chi connectivity index (χ0n) is 19.6. The van der Waals surface area contributed by atoms with Gasteiger partial charge in [-0.1, -0.05) is 26.0 Å². The third-order valence-electron chi connectivity index (χ3n) is 4.90. The number of carbonyl (C=O) groups is 5. The van der Waals surface area contributed by atoms with Crippen LogP contribution >= 0.6 is 12.6 Å². The van der Waals surface area contributed by atoms with Crippen molar-refractivity contribution < 1.29 is 34.2 Å². The van der Waals surface area contributed by atoms with Crippen LogP contribution in [0.2, 0.25) is 0 Å². The molecule has 1 aromatic rings. The Labute approximate surface area is 208 Å². The molecule has 1 rings (SSSR count). The molecule has 4 atom stereocenters. The first-order valence-corrected chi connectivity index (χ1v) is 11.5. The van der Waals surface area contributed by atoms with Crippen LogP contribution in [-0.4, -0.2) is 69.7 Å². The van der Waals surface area contributed by atoms with E-state index in [1.165, 1.54) is 12.1 Å². The molecular weight excluding hydrogens is 478 g/mol. The van der Waals surface area contributed by atoms with Crippen molar-refractivity contribution >= 4 is 42.2 Å². The van der Waals surface area contributed by atoms with Crippen molar-refractivity contribution in [2.24, 2.45) is 17.4 Å². The highest BCUT2D eigenvalue weighted by Crippen LogP contribution is 2.11. The Bertz CT molecular complexity index is 910. The van der Waals surface area contributed by atoms with Gasteiger partial charge >= 0.3 is 5.97 Å². The van der Waals surface area contributed by atoms with Gasteiger partial charge in [0.1, 0.15) is 23.9 Å². The number of carboxylic acid groups (broad SMARTS) is 1. The fourth-order valence-corrected chi connectivity index (χ4v) is 3.36. The molecule has 4 amide bonds. The predicted molar refractivity (Wildman–Crippen MR) is 130 cm³/mol. The summed E-state index contributed by atoms with van der Waals surface area (Å²) in [6.45, 7) is 3.59. The van der Waals surface area contributed by atoms with E-state index in [4.69, 9.17) is 11.5 Å². The number of nitrogens with two attached hydrogens (primary N) is 2. The largest absolute Gasteiger partial charge is 0.508 e. The summed E-state index contributed by atoms with van der Waals surface area (Å²) in [5.74, 6) is -4.66. The van der Waals surface area contributed by atoms with Crippen LogP contribution in [0.4, 0.5) is 0 Å². The number of aromatic hydroxyl groups is 1. The molecule has 1 aromatic carbocycles. The number of benzene rings is 1. The first-order chi connectivity index (χ1) is 16.3. The number of amides is 4. The van der Waals surface area contributed by atoms with Crippen LogP contribution in [0, 0.1) is 5.92 Å². The summed E-state index contributed by atoms with van der Waals surface area (Å²) >= 11 is 4.04. The summed E-state index contributed by atoms with van der Waals surface area (Å²) < 4.78 is 0. The quantitative estimate of drug-likeness (QED) is 0.139. The minimum atomic E-state index is -1.42. The SMILES string of the molecule is CC(C)CC(NC(=O)C(CS)NC(=O)C(CC(N)=O)NC(=O)C(N)Cc1ccc(O)cc1)C(=O)O. The number of carbonyl (C=O) groups excluding carboxylic acids is 4. The molecule has 0 aliphatic carbocycles. The van der Waals surface area contributed by atoms with Gasteiger partial charge in [0.2, 0.25) is 23.6 Å². The number of carboxylic acids is 1. The van der Waals surface area contributed by atoms with Gasteiger partial charge in [-0.15, -0.1) is 0 Å². The summed E-state index contributed by atoms with van der Waals surface area (Å²) in [6, 6.07) is 1.11. The smallest absolute Gasteiger partial charge is 0.326 e. The van der Waals surface area contributed by atoms with Gasteiger partial charge in [0.05, 0.1) is 12.5 Å². The number of nitrogens with one attached hydrogen (secondary N) is 3. The average molecular weight is 512 g/mol. The van der Waals surface area contributed by atoms with Crippen LogP contribution in [0.3, 0.4) is 0 Å². The second-order valence-corrected chi connectivity index (χ2v) is 8.85. The van der Waals surface area contributed by atoms with Gasteiger partial charge in [-0.2, -0.15) is 12.6 Å². The number of hydrogen-bond donors (Lipinski definition) is 8. The Morgan fingerprint density at radius 2 is 1.43 bits per heavy atom. The molecule has 0 saturated carbocycles. The van der Waals surface area contributed by atoms with Gasteiger partial charge in [0.25, 0.3) is 0 Å². The van der Waals surface area contributed by atoms with E-state index >= 15 is 0 Å². The van der Waals surface area contributed by atoms with Gasteiger partial charge in [-0.05, 0) is 36.5 Å². The highest BCUT2D eigenvalue weighted by molar-refractivity contribution is 7.80. The molecule has 12 nitrogen and oxygen atoms in total. The highest BCUT2D eigenvalue weighted by atomic mass is 32.1. The minimum absolute atomic E-state index is 0.0126. The van der Waals surface area contributed by atoms with E-state index in [9.17, 15) is 34.2 Å². The third-order valence-corrected chi connectivity index (χ3v) is 5.27. The number of phenolic OH excluding ortho intramolecular Hbond substituents is 1. The first kappa shape index (κ1) is 29.7. The predicted octanol–water partition coefficient (Wildman–Crippen LogP) is -1.35. The minimum Gasteiger partial charge on any atom is -0.508 e. The monoisotopic (exact) mass is 511 g/mol. The molecule has 0 aliphatic heterocycles. The van der Waals surface area contributed by atoms with Gasteiger partial charge in [-0.25, -0.2) is 4.79 Å². The van der Waals surface area contributed by atoms with Crippen molar-refractivity contribution in [2.75, 3.05) is 5.75 Å². The van der Waals surface area contributed by atoms with E-state index < -0.39 is 60.2 Å². The number of rotatable bonds is 14. The van der Waals surface area contributed by atoms with E-state index in [2.05, 4.69) is 28.6 Å². The number of thiol groups is 1. The molecule has 4 unspecified atom stereocenters. The zero-order valence-corrected chi connectivity index (χ0v) is 20.5. The lowest BCUT2D eigenvalue weighted by Gasteiger charge is -2.24. The number of hydrogen-bond acceptors (Lipinski definition) is 8. The van der Waals surface area contributed by atoms with Crippen LogP contribution in [0.15, 0.2) is 24.3 Å². The molecule has 0 saturated heterocycles. The number of primary amides is 1. The van der Waals surface area contributed by atoms with Crippen molar-refractivity contribution in [3.05, 3.63) is 29.8 Å². The van der Waals surface area contributed by atoms with Crippen LogP contribution in [0.5, 0.6) is 5.75 Å². The maximum Gasteiger partial charge on any atom is 0.326 e. The molecule has 0 bridgehead atoms. The highest BCUT2D eigenvalue weighted by Gasteiger charge is 2.30. The summed E-state index contributed by atoms with van der Waals surface area (Å²) in [5.41, 5.74) is 11.8. The van der Waals surface area contributed by atoms with Crippen LogP contribution in [0.25, 0.3) is 0 Å². The summed E-state index contributed by atoms with van der Waals surface area (Å²) in [4.78, 5) is 60.8. The molecule has 0 aliphatic rings. The second-order valence-electron chi connectivity index (χ2n) is 8.48. The fraction of sp³-hybridized carbons (Fsp3) is 0.500. The van der Waals surface area contributed by atoms with Gasteiger partial charge in [-0.3, -0.25) is 19.2 Å². The van der Waals surface area contributed by atoms with Gasteiger partial charge in [0, 0.05) is 5.75 Å². The normalized spacial score (nSPS) is 14.3. The molecule has 0 spiro atoms. The van der Waals surface area contributed by atoms with E-state index in [0.29, 0.717) is 5.56 Å². The zero-order chi connectivity index (χ0) is 26.7. The molecule has 0 radical (unpaired) electrons. The second kappa shape index (κ2) is 14.2. The topological polar surface area (TPSA) is 214 Å². The van der Waals surface area contributed by atoms with Gasteiger partial charge < -0.3 is 37.6 Å². The lowest BCUT2D eigenvalue weighted by atomic mass is 10.0. The van der Waals surface area contributed by atoms with Crippen molar-refractivity contribution in [1.82, 2.24) is 16.0 Å². The molecule has 0 fully saturated rings. The lowest BCUT2D eigenvalue weighted by molar-refractivity contribution is -0.142. The molecule has 13 heteroatoms. The summed E-state index contributed by atoms with van der Waals surface area (Å²) in [5, 5.41) is 25.7. The standard InChI is InChI=1S/C22H33N5O7S/c1-11(2)7-16(22(33)34)26-21(32)17(10-35)27-20(31)15(9-18(24)29)25-19(30)14(23)8-12-3-5-13(28)6-4-12/h3-6,11,14-17,28,35H,7-10,23H2,1-2H3,(H2,24,29)(H,25,30)(H,26,32)(H,27,31)(H,33,34). The van der Waals surface area contributed by atoms with E-state index in [1.807, 2.05) is 0 Å². The molecule has 9 N–H and O–H groups in total. The lowest BCUT2D eigenvalue weighted by Crippen LogP contribution is -2.58. The fourth-order valence-electron chi connectivity index (χ4n) is 3.10. The summed E-state index contributed by atoms with van der Waals surface area (Å²) in [7, 11) is 0. The molecule has 35 heavy (non-hydrogen) atoms. The van der Waals surface area contributed by atoms with Crippen molar-refractivity contribution in [2.45, 2.75) is 57.3 Å². The Morgan fingerprint density at radius 3 is 1.91 bits per heavy atom. The first-order valence-electron chi connectivity index (χ1n) is 10.9. The third kappa shape index (κ3) is 10.6. The molecular formula is C22H33N5O7S. The van der Waals surface area contributed by atoms with Crippen molar-refractivity contribution in [3.8, 4) is 5.75 Å². The maximum atomic E-state index is 12.8. The average Bonchev–Trinajstić information content (AvgIpc) is 2.76. The van der Waals surface area contributed by atoms with Gasteiger partial charge in [0.15, 0.2) is 0 Å². The number of aliphatic carboxylic acids is 1. The molecule has 194 valence electrons. The van der Waals surface area contributed by atoms with Crippen LogP contribution in [-0.2, 0) is 30.4 Å². The number of phenols is 1. The Hall–Kier alpha value is -3.32. The Balaban J connectivity index is 2.86. The van der Waals surface area contributed by atoms with Crippen LogP contribution in [0.1, 0.15) is 32.3 Å². The molecule has 0 heterocycles. The maximum absolute atomic E-state index is 12.8. The Morgan fingerprint density at radius 1 is 0.914 bits per heavy atom. The van der Waals surface area contributed by atoms with E-state index in [-0.39, 0.29) is 30.3 Å². The van der Waals surface area contributed by atoms with E-state index in [1.54, 1.807) is 26.0 Å². The van der Waals surface area contributed by atoms with Crippen molar-refractivity contribution in [3.63, 3.8) is 0 Å².